The molecular formula is C32H35FN2O5. The van der Waals surface area contributed by atoms with E-state index in [0.717, 1.165) is 22.6 Å². The van der Waals surface area contributed by atoms with Gasteiger partial charge in [0.05, 0.1) is 23.5 Å². The number of carbonyl (C=O) groups excluding carboxylic acids is 1. The van der Waals surface area contributed by atoms with Gasteiger partial charge in [-0.25, -0.2) is 9.18 Å². The highest BCUT2D eigenvalue weighted by molar-refractivity contribution is 6.05. The number of hydrogen-bond donors (Lipinski definition) is 2. The maximum atomic E-state index is 15.6. The van der Waals surface area contributed by atoms with Crippen molar-refractivity contribution in [2.75, 3.05) is 23.4 Å². The van der Waals surface area contributed by atoms with Gasteiger partial charge in [-0.05, 0) is 87.1 Å². The number of hydrogen-bond acceptors (Lipinski definition) is 5. The lowest BCUT2D eigenvalue weighted by Crippen LogP contribution is -2.34. The number of benzene rings is 3. The lowest BCUT2D eigenvalue weighted by atomic mass is 9.78. The minimum absolute atomic E-state index is 0.186. The largest absolute Gasteiger partial charge is 0.490 e. The Morgan fingerprint density at radius 1 is 1.05 bits per heavy atom. The van der Waals surface area contributed by atoms with Crippen LogP contribution in [0, 0.1) is 26.6 Å². The highest BCUT2D eigenvalue weighted by Gasteiger charge is 2.38. The summed E-state index contributed by atoms with van der Waals surface area (Å²) in [6, 6.07) is 8.68. The number of nitrogens with one attached hydrogen (secondary N) is 1. The van der Waals surface area contributed by atoms with Crippen LogP contribution in [0.1, 0.15) is 61.6 Å². The second-order valence-electron chi connectivity index (χ2n) is 11.5. The van der Waals surface area contributed by atoms with Crippen LogP contribution in [0.5, 0.6) is 5.75 Å². The van der Waals surface area contributed by atoms with Crippen LogP contribution in [-0.4, -0.2) is 35.7 Å². The molecule has 2 heterocycles. The summed E-state index contributed by atoms with van der Waals surface area (Å²) in [6.45, 7) is 13.9. The van der Waals surface area contributed by atoms with Crippen molar-refractivity contribution in [2.45, 2.75) is 66.7 Å². The summed E-state index contributed by atoms with van der Waals surface area (Å²) in [7, 11) is 0. The number of carboxylic acids is 1. The normalized spacial score (nSPS) is 14.8. The fourth-order valence-electron chi connectivity index (χ4n) is 6.05. The van der Waals surface area contributed by atoms with Gasteiger partial charge in [0.1, 0.15) is 18.2 Å². The Hall–Kier alpha value is -3.91. The molecule has 40 heavy (non-hydrogen) atoms. The first-order valence-corrected chi connectivity index (χ1v) is 13.5. The first-order chi connectivity index (χ1) is 18.8. The van der Waals surface area contributed by atoms with Gasteiger partial charge in [0.15, 0.2) is 6.10 Å². The zero-order chi connectivity index (χ0) is 29.1. The van der Waals surface area contributed by atoms with Crippen molar-refractivity contribution >= 4 is 23.3 Å². The molecule has 0 spiro atoms. The van der Waals surface area contributed by atoms with E-state index < -0.39 is 17.7 Å². The van der Waals surface area contributed by atoms with Crippen LogP contribution in [0.15, 0.2) is 30.3 Å². The van der Waals surface area contributed by atoms with E-state index in [1.807, 2.05) is 52.8 Å². The van der Waals surface area contributed by atoms with Gasteiger partial charge in [-0.1, -0.05) is 18.2 Å². The molecule has 3 aromatic carbocycles. The number of amides is 1. The molecule has 0 bridgehead atoms. The minimum Gasteiger partial charge on any atom is -0.490 e. The van der Waals surface area contributed by atoms with Gasteiger partial charge >= 0.3 is 5.97 Å². The molecule has 2 aliphatic rings. The van der Waals surface area contributed by atoms with Gasteiger partial charge in [-0.2, -0.15) is 0 Å². The van der Waals surface area contributed by atoms with E-state index >= 15 is 4.39 Å². The van der Waals surface area contributed by atoms with E-state index in [1.165, 1.54) is 13.0 Å². The molecule has 0 fully saturated rings. The highest BCUT2D eigenvalue weighted by Crippen LogP contribution is 2.52. The van der Waals surface area contributed by atoms with Crippen molar-refractivity contribution in [3.63, 3.8) is 0 Å². The molecule has 3 aromatic rings. The lowest BCUT2D eigenvalue weighted by molar-refractivity contribution is -0.160. The summed E-state index contributed by atoms with van der Waals surface area (Å²) in [5.41, 5.74) is 6.31. The highest BCUT2D eigenvalue weighted by atomic mass is 19.1. The summed E-state index contributed by atoms with van der Waals surface area (Å²) in [5, 5.41) is 13.9. The smallest absolute Gasteiger partial charge is 0.337 e. The molecule has 7 nitrogen and oxygen atoms in total. The standard InChI is InChI=1S/C32H35FN2O5/c1-16-21(11-12-23-28(16)34-13-14-39-23)24-17(2)25-27-20(9-8-10-22(27)33)15-35(19(4)36)29(25)18(3)26(24)30(31(37)38)40-32(5,6)7/h8-12,30,34H,13-15H2,1-7H3,(H,37,38). The van der Waals surface area contributed by atoms with Crippen molar-refractivity contribution in [1.82, 2.24) is 0 Å². The molecule has 2 N–H and O–H groups in total. The third-order valence-electron chi connectivity index (χ3n) is 7.66. The zero-order valence-electron chi connectivity index (χ0n) is 24.0. The van der Waals surface area contributed by atoms with Crippen LogP contribution < -0.4 is 15.0 Å². The molecule has 0 aliphatic carbocycles. The Morgan fingerprint density at radius 2 is 1.77 bits per heavy atom. The van der Waals surface area contributed by atoms with Crippen molar-refractivity contribution in [3.8, 4) is 28.0 Å². The van der Waals surface area contributed by atoms with E-state index in [0.29, 0.717) is 57.8 Å². The Morgan fingerprint density at radius 3 is 2.42 bits per heavy atom. The summed E-state index contributed by atoms with van der Waals surface area (Å²) in [6.07, 6.45) is -1.34. The summed E-state index contributed by atoms with van der Waals surface area (Å²) >= 11 is 0. The van der Waals surface area contributed by atoms with Gasteiger partial charge in [-0.15, -0.1) is 0 Å². The molecule has 0 saturated heterocycles. The fraction of sp³-hybridized carbons (Fsp3) is 0.375. The molecule has 0 saturated carbocycles. The first kappa shape index (κ1) is 27.6. The average molecular weight is 547 g/mol. The number of aliphatic carboxylic acids is 1. The van der Waals surface area contributed by atoms with Gasteiger partial charge in [0, 0.05) is 30.2 Å². The molecule has 210 valence electrons. The summed E-state index contributed by atoms with van der Waals surface area (Å²) < 4.78 is 27.6. The molecule has 2 aliphatic heterocycles. The number of carbonyl (C=O) groups is 2. The second kappa shape index (κ2) is 9.93. The Balaban J connectivity index is 1.95. The topological polar surface area (TPSA) is 88.1 Å². The maximum Gasteiger partial charge on any atom is 0.337 e. The number of rotatable bonds is 4. The van der Waals surface area contributed by atoms with Crippen molar-refractivity contribution < 1.29 is 28.6 Å². The Kier molecular flexibility index (Phi) is 6.86. The first-order valence-electron chi connectivity index (χ1n) is 13.5. The number of anilines is 2. The predicted octanol–water partition coefficient (Wildman–Crippen LogP) is 6.70. The average Bonchev–Trinajstić information content (AvgIpc) is 2.88. The lowest BCUT2D eigenvalue weighted by Gasteiger charge is -2.37. The van der Waals surface area contributed by atoms with E-state index in [9.17, 15) is 14.7 Å². The van der Waals surface area contributed by atoms with E-state index in [2.05, 4.69) is 5.32 Å². The molecule has 0 radical (unpaired) electrons. The summed E-state index contributed by atoms with van der Waals surface area (Å²) in [5.74, 6) is -1.03. The molecule has 1 unspecified atom stereocenters. The summed E-state index contributed by atoms with van der Waals surface area (Å²) in [4.78, 5) is 27.5. The van der Waals surface area contributed by atoms with Gasteiger partial charge < -0.3 is 24.8 Å². The number of ether oxygens (including phenoxy) is 2. The van der Waals surface area contributed by atoms with Crippen molar-refractivity contribution in [2.24, 2.45) is 0 Å². The number of carboxylic acid groups (broad SMARTS) is 1. The predicted molar refractivity (Wildman–Crippen MR) is 154 cm³/mol. The van der Waals surface area contributed by atoms with E-state index in [4.69, 9.17) is 9.47 Å². The quantitative estimate of drug-likeness (QED) is 0.379. The van der Waals surface area contributed by atoms with Crippen LogP contribution in [0.4, 0.5) is 15.8 Å². The van der Waals surface area contributed by atoms with Gasteiger partial charge in [0.2, 0.25) is 5.91 Å². The maximum absolute atomic E-state index is 15.6. The van der Waals surface area contributed by atoms with Gasteiger partial charge in [0.25, 0.3) is 0 Å². The second-order valence-corrected chi connectivity index (χ2v) is 11.5. The van der Waals surface area contributed by atoms with Crippen molar-refractivity contribution in [3.05, 3.63) is 64.0 Å². The molecule has 5 rings (SSSR count). The third kappa shape index (κ3) is 4.50. The van der Waals surface area contributed by atoms with Crippen LogP contribution in [0.3, 0.4) is 0 Å². The van der Waals surface area contributed by atoms with E-state index in [1.54, 1.807) is 17.9 Å². The third-order valence-corrected chi connectivity index (χ3v) is 7.66. The van der Waals surface area contributed by atoms with Crippen molar-refractivity contribution in [1.29, 1.82) is 0 Å². The molecule has 1 amide bonds. The number of nitrogens with zero attached hydrogens (tertiary/aromatic N) is 1. The molecule has 0 aromatic heterocycles. The van der Waals surface area contributed by atoms with Crippen LogP contribution >= 0.6 is 0 Å². The molecule has 8 heteroatoms. The minimum atomic E-state index is -1.34. The fourth-order valence-corrected chi connectivity index (χ4v) is 6.05. The zero-order valence-corrected chi connectivity index (χ0v) is 24.0. The monoisotopic (exact) mass is 546 g/mol. The SMILES string of the molecule is CC(=O)N1Cc2cccc(F)c2-c2c(C)c(-c3ccc4c(c3C)NCCO4)c(C(OC(C)(C)C)C(=O)O)c(C)c21. The number of fused-ring (bicyclic) bond motifs is 4. The van der Waals surface area contributed by atoms with Crippen LogP contribution in [0.25, 0.3) is 22.3 Å². The number of halogens is 1. The molecule has 1 atom stereocenters. The molecular weight excluding hydrogens is 511 g/mol. The Bertz CT molecular complexity index is 1560. The van der Waals surface area contributed by atoms with Gasteiger partial charge in [-0.3, -0.25) is 4.79 Å². The van der Waals surface area contributed by atoms with E-state index in [-0.39, 0.29) is 18.3 Å². The van der Waals surface area contributed by atoms with Crippen LogP contribution in [-0.2, 0) is 20.9 Å². The van der Waals surface area contributed by atoms with Crippen LogP contribution in [0.2, 0.25) is 0 Å². The Labute approximate surface area is 233 Å².